The van der Waals surface area contributed by atoms with E-state index in [1.807, 2.05) is 42.2 Å². The number of rotatable bonds is 13. The van der Waals surface area contributed by atoms with E-state index in [4.69, 9.17) is 9.47 Å². The second-order valence-corrected chi connectivity index (χ2v) is 10.2. The normalized spacial score (nSPS) is 22.1. The fraction of sp³-hybridized carbons (Fsp3) is 0.714. The highest BCUT2D eigenvalue weighted by Crippen LogP contribution is 2.29. The molecule has 1 unspecified atom stereocenters. The van der Waals surface area contributed by atoms with E-state index in [2.05, 4.69) is 26.1 Å². The van der Waals surface area contributed by atoms with Crippen LogP contribution < -0.4 is 5.32 Å². The average Bonchev–Trinajstić information content (AvgIpc) is 3.36. The number of hydrogen-bond donors (Lipinski definition) is 2. The Morgan fingerprint density at radius 3 is 2.34 bits per heavy atom. The van der Waals surface area contributed by atoms with Gasteiger partial charge in [-0.15, -0.1) is 0 Å². The van der Waals surface area contributed by atoms with E-state index in [9.17, 15) is 14.7 Å². The zero-order valence-corrected chi connectivity index (χ0v) is 22.6. The van der Waals surface area contributed by atoms with Gasteiger partial charge in [0, 0.05) is 20.8 Å². The highest BCUT2D eigenvalue weighted by molar-refractivity contribution is 5.80. The van der Waals surface area contributed by atoms with Crippen LogP contribution in [0.4, 0.5) is 0 Å². The summed E-state index contributed by atoms with van der Waals surface area (Å²) >= 11 is 0. The number of amides is 2. The van der Waals surface area contributed by atoms with Crippen molar-refractivity contribution in [2.75, 3.05) is 20.8 Å². The van der Waals surface area contributed by atoms with E-state index in [1.165, 1.54) is 0 Å². The number of ether oxygens (including phenoxy) is 2. The summed E-state index contributed by atoms with van der Waals surface area (Å²) in [7, 11) is 3.27. The molecule has 1 aliphatic rings. The van der Waals surface area contributed by atoms with Crippen LogP contribution in [0.3, 0.4) is 0 Å². The molecule has 1 fully saturated rings. The zero-order valence-electron chi connectivity index (χ0n) is 22.6. The summed E-state index contributed by atoms with van der Waals surface area (Å²) in [6.07, 6.45) is 1.66. The van der Waals surface area contributed by atoms with Crippen LogP contribution in [0.25, 0.3) is 0 Å². The third kappa shape index (κ3) is 7.51. The molecule has 1 aromatic carbocycles. The largest absolute Gasteiger partial charge is 0.386 e. The second-order valence-electron chi connectivity index (χ2n) is 10.2. The third-order valence-electron chi connectivity index (χ3n) is 7.97. The molecule has 1 saturated heterocycles. The molecule has 1 heterocycles. The van der Waals surface area contributed by atoms with Crippen LogP contribution in [0.2, 0.25) is 0 Å². The van der Waals surface area contributed by atoms with Gasteiger partial charge in [0.2, 0.25) is 11.8 Å². The molecule has 1 aromatic rings. The molecule has 1 aliphatic heterocycles. The third-order valence-corrected chi connectivity index (χ3v) is 7.97. The Kier molecular flexibility index (Phi) is 11.7. The van der Waals surface area contributed by atoms with Crippen LogP contribution in [-0.4, -0.2) is 66.9 Å². The lowest BCUT2D eigenvalue weighted by atomic mass is 9.87. The average molecular weight is 491 g/mol. The predicted molar refractivity (Wildman–Crippen MR) is 138 cm³/mol. The van der Waals surface area contributed by atoms with Gasteiger partial charge in [-0.25, -0.2) is 0 Å². The van der Waals surface area contributed by atoms with Crippen LogP contribution in [0.15, 0.2) is 30.3 Å². The van der Waals surface area contributed by atoms with Crippen molar-refractivity contribution < 1.29 is 24.2 Å². The van der Waals surface area contributed by atoms with Crippen molar-refractivity contribution in [2.24, 2.45) is 17.8 Å². The lowest BCUT2D eigenvalue weighted by Crippen LogP contribution is -2.51. The molecular weight excluding hydrogens is 444 g/mol. The Labute approximate surface area is 211 Å². The minimum absolute atomic E-state index is 0.0528. The predicted octanol–water partition coefficient (Wildman–Crippen LogP) is 3.95. The number of nitrogens with zero attached hydrogens (tertiary/aromatic N) is 1. The maximum absolute atomic E-state index is 13.3. The Hall–Kier alpha value is -1.96. The minimum atomic E-state index is -0.809. The summed E-state index contributed by atoms with van der Waals surface area (Å²) in [5, 5.41) is 13.6. The maximum Gasteiger partial charge on any atom is 0.225 e. The molecule has 7 heteroatoms. The number of methoxy groups -OCH3 is 2. The lowest BCUT2D eigenvalue weighted by molar-refractivity contribution is -0.143. The van der Waals surface area contributed by atoms with Gasteiger partial charge >= 0.3 is 0 Å². The van der Waals surface area contributed by atoms with Gasteiger partial charge in [-0.3, -0.25) is 9.59 Å². The number of hydrogen-bond acceptors (Lipinski definition) is 5. The first-order chi connectivity index (χ1) is 16.7. The molecule has 0 spiro atoms. The number of aliphatic hydroxyl groups is 1. The molecule has 2 amide bonds. The Balaban J connectivity index is 2.05. The van der Waals surface area contributed by atoms with E-state index in [1.54, 1.807) is 21.1 Å². The van der Waals surface area contributed by atoms with Gasteiger partial charge in [0.15, 0.2) is 0 Å². The van der Waals surface area contributed by atoms with Crippen LogP contribution in [0, 0.1) is 17.8 Å². The van der Waals surface area contributed by atoms with Crippen molar-refractivity contribution in [1.82, 2.24) is 10.2 Å². The molecule has 0 radical (unpaired) electrons. The highest BCUT2D eigenvalue weighted by atomic mass is 16.5. The first kappa shape index (κ1) is 29.3. The number of carbonyl (C=O) groups excluding carboxylic acids is 2. The fourth-order valence-electron chi connectivity index (χ4n) is 5.17. The minimum Gasteiger partial charge on any atom is -0.386 e. The lowest BCUT2D eigenvalue weighted by Gasteiger charge is -2.36. The van der Waals surface area contributed by atoms with Crippen molar-refractivity contribution in [1.29, 1.82) is 0 Å². The molecule has 0 saturated carbocycles. The second kappa shape index (κ2) is 14.0. The molecule has 8 atom stereocenters. The molecule has 2 N–H and O–H groups in total. The SMILES string of the molecule is CC[C@H](C)[C@H](C)C(CC(=O)N1CCC[C@H]1[C@H](OC)[C@@H](C)C(=O)N[C@H](C)[C@@H](O)c1ccccc1)OC. The van der Waals surface area contributed by atoms with Gasteiger partial charge in [0.1, 0.15) is 0 Å². The van der Waals surface area contributed by atoms with E-state index in [-0.39, 0.29) is 29.9 Å². The number of likely N-dealkylation sites (tertiary alicyclic amines) is 1. The summed E-state index contributed by atoms with van der Waals surface area (Å²) in [5.41, 5.74) is 0.753. The van der Waals surface area contributed by atoms with Crippen molar-refractivity contribution in [3.63, 3.8) is 0 Å². The summed E-state index contributed by atoms with van der Waals surface area (Å²) in [4.78, 5) is 28.3. The van der Waals surface area contributed by atoms with Crippen molar-refractivity contribution >= 4 is 11.8 Å². The van der Waals surface area contributed by atoms with Crippen molar-refractivity contribution in [3.05, 3.63) is 35.9 Å². The highest BCUT2D eigenvalue weighted by Gasteiger charge is 2.41. The number of benzene rings is 1. The van der Waals surface area contributed by atoms with Crippen molar-refractivity contribution in [2.45, 2.75) is 90.7 Å². The molecular formula is C28H46N2O5. The molecule has 35 heavy (non-hydrogen) atoms. The van der Waals surface area contributed by atoms with E-state index in [0.29, 0.717) is 18.9 Å². The molecule has 2 rings (SSSR count). The number of aliphatic hydroxyl groups excluding tert-OH is 1. The standard InChI is InChI=1S/C28H46N2O5/c1-8-18(2)19(3)24(34-6)17-25(31)30-16-12-15-23(30)27(35-7)20(4)28(33)29-21(5)26(32)22-13-10-9-11-14-22/h9-11,13-14,18-21,23-24,26-27,32H,8,12,15-17H2,1-7H3,(H,29,33)/t18-,19-,20+,21+,23-,24?,26+,27+/m0/s1. The molecule has 0 bridgehead atoms. The topological polar surface area (TPSA) is 88.1 Å². The van der Waals surface area contributed by atoms with Crippen LogP contribution >= 0.6 is 0 Å². The van der Waals surface area contributed by atoms with E-state index >= 15 is 0 Å². The van der Waals surface area contributed by atoms with Gasteiger partial charge in [-0.2, -0.15) is 0 Å². The Morgan fingerprint density at radius 2 is 1.77 bits per heavy atom. The van der Waals surface area contributed by atoms with Crippen LogP contribution in [-0.2, 0) is 19.1 Å². The van der Waals surface area contributed by atoms with Gasteiger partial charge < -0.3 is 24.8 Å². The Morgan fingerprint density at radius 1 is 1.11 bits per heavy atom. The summed E-state index contributed by atoms with van der Waals surface area (Å²) in [6.45, 7) is 10.8. The van der Waals surface area contributed by atoms with Crippen LogP contribution in [0.5, 0.6) is 0 Å². The first-order valence-electron chi connectivity index (χ1n) is 13.0. The first-order valence-corrected chi connectivity index (χ1v) is 13.0. The summed E-state index contributed by atoms with van der Waals surface area (Å²) in [6, 6.07) is 8.66. The summed E-state index contributed by atoms with van der Waals surface area (Å²) in [5.74, 6) is 0.109. The Bertz CT molecular complexity index is 789. The fourth-order valence-corrected chi connectivity index (χ4v) is 5.17. The van der Waals surface area contributed by atoms with Crippen LogP contribution in [0.1, 0.15) is 72.0 Å². The molecule has 7 nitrogen and oxygen atoms in total. The molecule has 198 valence electrons. The molecule has 0 aliphatic carbocycles. The number of carbonyl (C=O) groups is 2. The van der Waals surface area contributed by atoms with Gasteiger partial charge in [0.05, 0.1) is 42.7 Å². The molecule has 0 aromatic heterocycles. The quantitative estimate of drug-likeness (QED) is 0.437. The van der Waals surface area contributed by atoms with E-state index < -0.39 is 24.2 Å². The monoisotopic (exact) mass is 490 g/mol. The smallest absolute Gasteiger partial charge is 0.225 e. The maximum atomic E-state index is 13.3. The van der Waals surface area contributed by atoms with E-state index in [0.717, 1.165) is 24.8 Å². The van der Waals surface area contributed by atoms with Gasteiger partial charge in [0.25, 0.3) is 0 Å². The van der Waals surface area contributed by atoms with Gasteiger partial charge in [-0.05, 0) is 37.2 Å². The van der Waals surface area contributed by atoms with Crippen molar-refractivity contribution in [3.8, 4) is 0 Å². The van der Waals surface area contributed by atoms with Gasteiger partial charge in [-0.1, -0.05) is 64.4 Å². The zero-order chi connectivity index (χ0) is 26.1. The summed E-state index contributed by atoms with van der Waals surface area (Å²) < 4.78 is 11.5. The number of nitrogens with one attached hydrogen (secondary N) is 1.